The molecule has 15 heavy (non-hydrogen) atoms. The molecule has 0 aliphatic heterocycles. The van der Waals surface area contributed by atoms with Gasteiger partial charge in [-0.2, -0.15) is 0 Å². The molecule has 0 aliphatic carbocycles. The average molecular weight is 210 g/mol. The Balaban J connectivity index is 2.88. The van der Waals surface area contributed by atoms with Gasteiger partial charge in [0, 0.05) is 17.8 Å². The van der Waals surface area contributed by atoms with Crippen molar-refractivity contribution >= 4 is 0 Å². The third kappa shape index (κ3) is 2.98. The first-order chi connectivity index (χ1) is 7.06. The van der Waals surface area contributed by atoms with E-state index in [0.29, 0.717) is 5.92 Å². The van der Waals surface area contributed by atoms with E-state index in [1.54, 1.807) is 0 Å². The van der Waals surface area contributed by atoms with Crippen LogP contribution in [-0.4, -0.2) is 9.78 Å². The molecule has 0 atom stereocenters. The molecular weight excluding hydrogens is 188 g/mol. The molecule has 1 rings (SSSR count). The van der Waals surface area contributed by atoms with Gasteiger partial charge in [-0.1, -0.05) is 27.2 Å². The average Bonchev–Trinajstić information content (AvgIpc) is 2.42. The Morgan fingerprint density at radius 3 is 2.60 bits per heavy atom. The molecule has 0 saturated heterocycles. The molecule has 0 aliphatic rings. The highest BCUT2D eigenvalue weighted by molar-refractivity contribution is 5.16. The first-order valence-electron chi connectivity index (χ1n) is 5.84. The lowest BCUT2D eigenvalue weighted by molar-refractivity contribution is 0.553. The van der Waals surface area contributed by atoms with Crippen LogP contribution in [0.25, 0.3) is 0 Å². The standard InChI is InChI=1S/C12H22N2O/c1-5-6-7-14-10(4)11(8-9(2)3)12(15)13-14/h9H,5-8H2,1-4H3,(H,13,15). The Bertz CT molecular complexity index is 360. The number of aryl methyl sites for hydroxylation is 1. The van der Waals surface area contributed by atoms with Crippen LogP contribution in [0.2, 0.25) is 0 Å². The fourth-order valence-corrected chi connectivity index (χ4v) is 1.79. The predicted octanol–water partition coefficient (Wildman–Crippen LogP) is 2.48. The molecule has 1 aromatic heterocycles. The van der Waals surface area contributed by atoms with Crippen LogP contribution in [0.5, 0.6) is 0 Å². The summed E-state index contributed by atoms with van der Waals surface area (Å²) >= 11 is 0. The Hall–Kier alpha value is -0.990. The van der Waals surface area contributed by atoms with Gasteiger partial charge in [0.05, 0.1) is 0 Å². The molecule has 0 amide bonds. The van der Waals surface area contributed by atoms with Crippen molar-refractivity contribution in [3.8, 4) is 0 Å². The van der Waals surface area contributed by atoms with E-state index in [2.05, 4.69) is 25.9 Å². The topological polar surface area (TPSA) is 37.8 Å². The minimum atomic E-state index is 0.0947. The summed E-state index contributed by atoms with van der Waals surface area (Å²) in [5.74, 6) is 0.534. The summed E-state index contributed by atoms with van der Waals surface area (Å²) in [6, 6.07) is 0. The largest absolute Gasteiger partial charge is 0.289 e. The van der Waals surface area contributed by atoms with Crippen LogP contribution in [-0.2, 0) is 13.0 Å². The number of hydrogen-bond acceptors (Lipinski definition) is 1. The van der Waals surface area contributed by atoms with E-state index in [0.717, 1.165) is 37.1 Å². The number of H-pyrrole nitrogens is 1. The molecule has 0 unspecified atom stereocenters. The van der Waals surface area contributed by atoms with Gasteiger partial charge in [-0.3, -0.25) is 14.6 Å². The number of nitrogens with one attached hydrogen (secondary N) is 1. The Kier molecular flexibility index (Phi) is 4.18. The Labute approximate surface area is 91.5 Å². The molecule has 86 valence electrons. The lowest BCUT2D eigenvalue weighted by atomic mass is 10.0. The number of rotatable bonds is 5. The molecule has 0 fully saturated rings. The van der Waals surface area contributed by atoms with Crippen LogP contribution in [0.3, 0.4) is 0 Å². The van der Waals surface area contributed by atoms with Gasteiger partial charge in [0.2, 0.25) is 0 Å². The highest BCUT2D eigenvalue weighted by Gasteiger charge is 2.11. The molecule has 0 saturated carbocycles. The van der Waals surface area contributed by atoms with E-state index in [1.165, 1.54) is 0 Å². The Morgan fingerprint density at radius 1 is 1.40 bits per heavy atom. The van der Waals surface area contributed by atoms with Crippen molar-refractivity contribution in [1.82, 2.24) is 9.78 Å². The second-order valence-corrected chi connectivity index (χ2v) is 4.61. The second-order valence-electron chi connectivity index (χ2n) is 4.61. The molecular formula is C12H22N2O. The lowest BCUT2D eigenvalue weighted by Crippen LogP contribution is -2.09. The first kappa shape index (κ1) is 12.1. The summed E-state index contributed by atoms with van der Waals surface area (Å²) < 4.78 is 1.99. The minimum absolute atomic E-state index is 0.0947. The highest BCUT2D eigenvalue weighted by atomic mass is 16.1. The van der Waals surface area contributed by atoms with E-state index in [9.17, 15) is 4.79 Å². The smallest absolute Gasteiger partial charge is 0.267 e. The second kappa shape index (κ2) is 5.19. The maximum atomic E-state index is 11.7. The third-order valence-electron chi connectivity index (χ3n) is 2.70. The minimum Gasteiger partial charge on any atom is -0.289 e. The van der Waals surface area contributed by atoms with Crippen LogP contribution >= 0.6 is 0 Å². The van der Waals surface area contributed by atoms with E-state index < -0.39 is 0 Å². The highest BCUT2D eigenvalue weighted by Crippen LogP contribution is 2.09. The predicted molar refractivity (Wildman–Crippen MR) is 63.2 cm³/mol. The Morgan fingerprint density at radius 2 is 2.07 bits per heavy atom. The van der Waals surface area contributed by atoms with Crippen LogP contribution in [0, 0.1) is 12.8 Å². The zero-order chi connectivity index (χ0) is 11.4. The van der Waals surface area contributed by atoms with Gasteiger partial charge >= 0.3 is 0 Å². The molecule has 0 bridgehead atoms. The molecule has 0 aromatic carbocycles. The third-order valence-corrected chi connectivity index (χ3v) is 2.70. The summed E-state index contributed by atoms with van der Waals surface area (Å²) in [5.41, 5.74) is 2.17. The van der Waals surface area contributed by atoms with Crippen LogP contribution in [0.15, 0.2) is 4.79 Å². The van der Waals surface area contributed by atoms with Gasteiger partial charge in [0.25, 0.3) is 5.56 Å². The summed E-state index contributed by atoms with van der Waals surface area (Å²) in [5, 5.41) is 2.91. The van der Waals surface area contributed by atoms with Gasteiger partial charge in [-0.15, -0.1) is 0 Å². The molecule has 1 N–H and O–H groups in total. The van der Waals surface area contributed by atoms with Crippen molar-refractivity contribution in [2.45, 2.75) is 53.5 Å². The normalized spacial score (nSPS) is 11.3. The quantitative estimate of drug-likeness (QED) is 0.796. The van der Waals surface area contributed by atoms with Crippen molar-refractivity contribution in [1.29, 1.82) is 0 Å². The van der Waals surface area contributed by atoms with Crippen LogP contribution in [0.4, 0.5) is 0 Å². The van der Waals surface area contributed by atoms with Crippen molar-refractivity contribution in [3.63, 3.8) is 0 Å². The van der Waals surface area contributed by atoms with Crippen molar-refractivity contribution in [2.75, 3.05) is 0 Å². The van der Waals surface area contributed by atoms with Gasteiger partial charge in [0.1, 0.15) is 0 Å². The first-order valence-corrected chi connectivity index (χ1v) is 5.84. The van der Waals surface area contributed by atoms with Crippen molar-refractivity contribution < 1.29 is 0 Å². The van der Waals surface area contributed by atoms with Crippen LogP contribution < -0.4 is 5.56 Å². The monoisotopic (exact) mass is 210 g/mol. The molecule has 0 spiro atoms. The molecule has 1 aromatic rings. The molecule has 0 radical (unpaired) electrons. The molecule has 1 heterocycles. The zero-order valence-electron chi connectivity index (χ0n) is 10.3. The number of unbranched alkanes of at least 4 members (excludes halogenated alkanes) is 1. The van der Waals surface area contributed by atoms with E-state index in [1.807, 2.05) is 11.6 Å². The summed E-state index contributed by atoms with van der Waals surface area (Å²) in [6.45, 7) is 9.40. The fourth-order valence-electron chi connectivity index (χ4n) is 1.79. The number of aromatic amines is 1. The summed E-state index contributed by atoms with van der Waals surface area (Å²) in [7, 11) is 0. The zero-order valence-corrected chi connectivity index (χ0v) is 10.3. The molecule has 3 heteroatoms. The van der Waals surface area contributed by atoms with E-state index in [-0.39, 0.29) is 5.56 Å². The number of nitrogens with zero attached hydrogens (tertiary/aromatic N) is 1. The fraction of sp³-hybridized carbons (Fsp3) is 0.750. The summed E-state index contributed by atoms with van der Waals surface area (Å²) in [4.78, 5) is 11.7. The summed E-state index contributed by atoms with van der Waals surface area (Å²) in [6.07, 6.45) is 3.14. The van der Waals surface area contributed by atoms with Gasteiger partial charge < -0.3 is 0 Å². The van der Waals surface area contributed by atoms with Crippen molar-refractivity contribution in [2.24, 2.45) is 5.92 Å². The number of hydrogen-bond donors (Lipinski definition) is 1. The van der Waals surface area contributed by atoms with E-state index >= 15 is 0 Å². The number of aromatic nitrogens is 2. The lowest BCUT2D eigenvalue weighted by Gasteiger charge is -2.06. The SMILES string of the molecule is CCCCn1[nH]c(=O)c(CC(C)C)c1C. The van der Waals surface area contributed by atoms with Crippen molar-refractivity contribution in [3.05, 3.63) is 21.6 Å². The maximum Gasteiger partial charge on any atom is 0.267 e. The van der Waals surface area contributed by atoms with Gasteiger partial charge in [-0.25, -0.2) is 0 Å². The van der Waals surface area contributed by atoms with E-state index in [4.69, 9.17) is 0 Å². The van der Waals surface area contributed by atoms with Gasteiger partial charge in [0.15, 0.2) is 0 Å². The van der Waals surface area contributed by atoms with Gasteiger partial charge in [-0.05, 0) is 25.7 Å². The molecule has 3 nitrogen and oxygen atoms in total. The van der Waals surface area contributed by atoms with Crippen LogP contribution in [0.1, 0.15) is 44.9 Å². The maximum absolute atomic E-state index is 11.7.